The topological polar surface area (TPSA) is 75.6 Å². The van der Waals surface area contributed by atoms with Crippen molar-refractivity contribution in [3.05, 3.63) is 48.2 Å². The Morgan fingerprint density at radius 3 is 2.46 bits per heavy atom. The summed E-state index contributed by atoms with van der Waals surface area (Å²) in [5.74, 6) is 0.790. The van der Waals surface area contributed by atoms with Crippen molar-refractivity contribution in [3.8, 4) is 5.75 Å². The lowest BCUT2D eigenvalue weighted by Gasteiger charge is -2.34. The molecule has 0 unspecified atom stereocenters. The minimum Gasteiger partial charge on any atom is -0.492 e. The Labute approximate surface area is 152 Å². The quantitative estimate of drug-likeness (QED) is 0.755. The van der Waals surface area contributed by atoms with E-state index in [9.17, 15) is 12.8 Å². The Morgan fingerprint density at radius 1 is 1.12 bits per heavy atom. The standard InChI is InChI=1S/C17H21FN4O3S/c1-14-12-17(20-13-19-14)21-6-8-22(9-7-21)26(23,24)11-10-25-16-4-2-15(18)3-5-16/h2-5,12-13H,6-11H2,1H3. The first-order valence-corrected chi connectivity index (χ1v) is 9.95. The zero-order chi connectivity index (χ0) is 18.6. The molecule has 0 amide bonds. The number of nitrogens with zero attached hydrogens (tertiary/aromatic N) is 4. The van der Waals surface area contributed by atoms with Gasteiger partial charge in [0.15, 0.2) is 0 Å². The van der Waals surface area contributed by atoms with Crippen LogP contribution in [0.4, 0.5) is 10.2 Å². The van der Waals surface area contributed by atoms with E-state index in [1.807, 2.05) is 13.0 Å². The lowest BCUT2D eigenvalue weighted by atomic mass is 10.3. The van der Waals surface area contributed by atoms with Crippen molar-refractivity contribution < 1.29 is 17.5 Å². The molecule has 0 bridgehead atoms. The maximum Gasteiger partial charge on any atom is 0.217 e. The van der Waals surface area contributed by atoms with Gasteiger partial charge in [-0.1, -0.05) is 0 Å². The summed E-state index contributed by atoms with van der Waals surface area (Å²) in [7, 11) is -3.40. The van der Waals surface area contributed by atoms with Crippen LogP contribution >= 0.6 is 0 Å². The number of aromatic nitrogens is 2. The number of anilines is 1. The van der Waals surface area contributed by atoms with Gasteiger partial charge in [0.1, 0.15) is 30.3 Å². The van der Waals surface area contributed by atoms with E-state index in [0.717, 1.165) is 11.5 Å². The highest BCUT2D eigenvalue weighted by molar-refractivity contribution is 7.89. The number of hydrogen-bond acceptors (Lipinski definition) is 6. The Kier molecular flexibility index (Phi) is 5.67. The number of halogens is 1. The van der Waals surface area contributed by atoms with Crippen molar-refractivity contribution in [1.29, 1.82) is 0 Å². The number of hydrogen-bond donors (Lipinski definition) is 0. The summed E-state index contributed by atoms with van der Waals surface area (Å²) >= 11 is 0. The smallest absolute Gasteiger partial charge is 0.217 e. The summed E-state index contributed by atoms with van der Waals surface area (Å²) in [6.07, 6.45) is 1.51. The molecule has 0 radical (unpaired) electrons. The number of piperazine rings is 1. The van der Waals surface area contributed by atoms with Crippen LogP contribution in [0.1, 0.15) is 5.69 Å². The van der Waals surface area contributed by atoms with Crippen molar-refractivity contribution in [2.24, 2.45) is 0 Å². The molecule has 0 N–H and O–H groups in total. The van der Waals surface area contributed by atoms with E-state index in [-0.39, 0.29) is 18.2 Å². The molecular formula is C17H21FN4O3S. The van der Waals surface area contributed by atoms with Gasteiger partial charge in [-0.25, -0.2) is 22.8 Å². The van der Waals surface area contributed by atoms with Gasteiger partial charge in [0.05, 0.1) is 5.75 Å². The minimum absolute atomic E-state index is 0.0271. The van der Waals surface area contributed by atoms with Crippen molar-refractivity contribution >= 4 is 15.8 Å². The van der Waals surface area contributed by atoms with Gasteiger partial charge < -0.3 is 9.64 Å². The SMILES string of the molecule is Cc1cc(N2CCN(S(=O)(=O)CCOc3ccc(F)cc3)CC2)ncn1. The zero-order valence-corrected chi connectivity index (χ0v) is 15.3. The van der Waals surface area contributed by atoms with Crippen LogP contribution in [0, 0.1) is 12.7 Å². The van der Waals surface area contributed by atoms with E-state index in [0.29, 0.717) is 31.9 Å². The van der Waals surface area contributed by atoms with Crippen molar-refractivity contribution in [2.45, 2.75) is 6.92 Å². The predicted octanol–water partition coefficient (Wildman–Crippen LogP) is 1.45. The van der Waals surface area contributed by atoms with Crippen molar-refractivity contribution in [2.75, 3.05) is 43.4 Å². The molecule has 1 aromatic carbocycles. The van der Waals surface area contributed by atoms with Crippen LogP contribution in [0.15, 0.2) is 36.7 Å². The van der Waals surface area contributed by atoms with Gasteiger partial charge in [-0.2, -0.15) is 4.31 Å². The first-order chi connectivity index (χ1) is 12.4. The second-order valence-corrected chi connectivity index (χ2v) is 8.11. The third-order valence-electron chi connectivity index (χ3n) is 4.17. The molecule has 2 heterocycles. The van der Waals surface area contributed by atoms with Gasteiger partial charge in [0, 0.05) is 37.9 Å². The molecule has 0 aliphatic carbocycles. The van der Waals surface area contributed by atoms with Crippen LogP contribution in [0.5, 0.6) is 5.75 Å². The van der Waals surface area contributed by atoms with E-state index in [4.69, 9.17) is 4.74 Å². The van der Waals surface area contributed by atoms with Crippen LogP contribution in [0.25, 0.3) is 0 Å². The second-order valence-electron chi connectivity index (χ2n) is 6.02. The number of benzene rings is 1. The summed E-state index contributed by atoms with van der Waals surface area (Å²) < 4.78 is 44.7. The predicted molar refractivity (Wildman–Crippen MR) is 96.2 cm³/mol. The molecule has 1 aliphatic rings. The summed E-state index contributed by atoms with van der Waals surface area (Å²) in [5, 5.41) is 0. The first-order valence-electron chi connectivity index (χ1n) is 8.34. The zero-order valence-electron chi connectivity index (χ0n) is 14.5. The van der Waals surface area contributed by atoms with Crippen LogP contribution < -0.4 is 9.64 Å². The molecule has 1 aromatic heterocycles. The minimum atomic E-state index is -3.40. The van der Waals surface area contributed by atoms with Crippen LogP contribution in [-0.4, -0.2) is 61.2 Å². The molecular weight excluding hydrogens is 359 g/mol. The fourth-order valence-corrected chi connectivity index (χ4v) is 4.01. The van der Waals surface area contributed by atoms with Gasteiger partial charge in [-0.3, -0.25) is 0 Å². The first kappa shape index (κ1) is 18.5. The summed E-state index contributed by atoms with van der Waals surface area (Å²) in [4.78, 5) is 10.4. The third-order valence-corrected chi connectivity index (χ3v) is 6.00. The highest BCUT2D eigenvalue weighted by Gasteiger charge is 2.27. The maximum absolute atomic E-state index is 12.8. The van der Waals surface area contributed by atoms with E-state index < -0.39 is 10.0 Å². The molecule has 0 saturated carbocycles. The average molecular weight is 380 g/mol. The number of sulfonamides is 1. The Bertz CT molecular complexity index is 837. The van der Waals surface area contributed by atoms with Crippen molar-refractivity contribution in [1.82, 2.24) is 14.3 Å². The molecule has 1 saturated heterocycles. The normalized spacial score (nSPS) is 15.8. The van der Waals surface area contributed by atoms with E-state index in [1.165, 1.54) is 34.9 Å². The van der Waals surface area contributed by atoms with Gasteiger partial charge in [-0.05, 0) is 31.2 Å². The summed E-state index contributed by atoms with van der Waals surface area (Å²) in [6.45, 7) is 3.89. The van der Waals surface area contributed by atoms with Crippen LogP contribution in [0.2, 0.25) is 0 Å². The van der Waals surface area contributed by atoms with Gasteiger partial charge in [-0.15, -0.1) is 0 Å². The fraction of sp³-hybridized carbons (Fsp3) is 0.412. The molecule has 1 fully saturated rings. The fourth-order valence-electron chi connectivity index (χ4n) is 2.73. The number of aryl methyl sites for hydroxylation is 1. The number of ether oxygens (including phenoxy) is 1. The largest absolute Gasteiger partial charge is 0.492 e. The van der Waals surface area contributed by atoms with Crippen molar-refractivity contribution in [3.63, 3.8) is 0 Å². The van der Waals surface area contributed by atoms with E-state index in [2.05, 4.69) is 14.9 Å². The highest BCUT2D eigenvalue weighted by Crippen LogP contribution is 2.16. The molecule has 26 heavy (non-hydrogen) atoms. The third kappa shape index (κ3) is 4.67. The molecule has 2 aromatic rings. The molecule has 7 nitrogen and oxygen atoms in total. The maximum atomic E-state index is 12.8. The Hall–Kier alpha value is -2.26. The highest BCUT2D eigenvalue weighted by atomic mass is 32.2. The van der Waals surface area contributed by atoms with Gasteiger partial charge >= 0.3 is 0 Å². The monoisotopic (exact) mass is 380 g/mol. The molecule has 3 rings (SSSR count). The Balaban J connectivity index is 1.50. The van der Waals surface area contributed by atoms with Gasteiger partial charge in [0.2, 0.25) is 10.0 Å². The van der Waals surface area contributed by atoms with E-state index in [1.54, 1.807) is 0 Å². The van der Waals surface area contributed by atoms with Crippen LogP contribution in [-0.2, 0) is 10.0 Å². The molecule has 1 aliphatic heterocycles. The second kappa shape index (κ2) is 7.96. The lowest BCUT2D eigenvalue weighted by molar-refractivity contribution is 0.330. The molecule has 0 atom stereocenters. The van der Waals surface area contributed by atoms with Gasteiger partial charge in [0.25, 0.3) is 0 Å². The summed E-state index contributed by atoms with van der Waals surface area (Å²) in [5.41, 5.74) is 0.878. The average Bonchev–Trinajstić information content (AvgIpc) is 2.63. The molecule has 140 valence electrons. The molecule has 0 spiro atoms. The van der Waals surface area contributed by atoms with Crippen LogP contribution in [0.3, 0.4) is 0 Å². The molecule has 9 heteroatoms. The van der Waals surface area contributed by atoms with E-state index >= 15 is 0 Å². The summed E-state index contributed by atoms with van der Waals surface area (Å²) in [6, 6.07) is 7.39. The Morgan fingerprint density at radius 2 is 1.81 bits per heavy atom. The lowest BCUT2D eigenvalue weighted by Crippen LogP contribution is -2.50. The number of rotatable bonds is 6.